The highest BCUT2D eigenvalue weighted by molar-refractivity contribution is 6.24. The van der Waals surface area contributed by atoms with Crippen molar-refractivity contribution in [2.75, 3.05) is 11.9 Å². The molecule has 11 nitrogen and oxygen atoms in total. The van der Waals surface area contributed by atoms with Crippen LogP contribution in [0.1, 0.15) is 36.6 Å². The Morgan fingerprint density at radius 3 is 2.64 bits per heavy atom. The number of anilines is 1. The van der Waals surface area contributed by atoms with Crippen LogP contribution in [0.4, 0.5) is 33.3 Å². The standard InChI is InChI=1S/C29H21F5N6O5/c1-28-8-3-9-39(28)38(14-15-4-2-5-19(30)24(15)31)27(43)23(25(28)41)26(42)37-20-7-6-17(29(32,33)34)11-18(20)16-10-22(40(44)45)21(12-35)36-13-16/h2,4-7,10-11,13,41H,3,8-9,14H2,1H3,(H,37,42). The third-order valence-electron chi connectivity index (χ3n) is 7.74. The molecule has 3 heterocycles. The number of carbonyl (C=O) groups is 2. The second-order valence-electron chi connectivity index (χ2n) is 10.5. The summed E-state index contributed by atoms with van der Waals surface area (Å²) in [6.45, 7) is 1.26. The lowest BCUT2D eigenvalue weighted by Crippen LogP contribution is -2.60. The van der Waals surface area contributed by atoms with Gasteiger partial charge in [-0.25, -0.2) is 18.8 Å². The quantitative estimate of drug-likeness (QED) is 0.160. The van der Waals surface area contributed by atoms with Crippen molar-refractivity contribution < 1.29 is 41.6 Å². The minimum absolute atomic E-state index is 0.210. The molecule has 0 radical (unpaired) electrons. The zero-order valence-corrected chi connectivity index (χ0v) is 23.2. The zero-order chi connectivity index (χ0) is 32.8. The predicted molar refractivity (Wildman–Crippen MR) is 146 cm³/mol. The van der Waals surface area contributed by atoms with Crippen LogP contribution in [0.3, 0.4) is 0 Å². The van der Waals surface area contributed by atoms with Gasteiger partial charge < -0.3 is 10.4 Å². The number of halogens is 5. The van der Waals surface area contributed by atoms with E-state index in [9.17, 15) is 46.8 Å². The largest absolute Gasteiger partial charge is 0.509 e. The first-order valence-corrected chi connectivity index (χ1v) is 13.2. The van der Waals surface area contributed by atoms with E-state index >= 15 is 0 Å². The lowest BCUT2D eigenvalue weighted by molar-refractivity contribution is -0.385. The fourth-order valence-corrected chi connectivity index (χ4v) is 5.46. The van der Waals surface area contributed by atoms with E-state index in [-0.39, 0.29) is 29.8 Å². The molecule has 45 heavy (non-hydrogen) atoms. The molecule has 1 atom stereocenters. The van der Waals surface area contributed by atoms with Gasteiger partial charge in [0.2, 0.25) is 5.69 Å². The molecule has 1 fully saturated rings. The van der Waals surface area contributed by atoms with Crippen molar-refractivity contribution in [3.05, 3.63) is 98.6 Å². The Balaban J connectivity index is 1.58. The molecule has 0 aliphatic carbocycles. The van der Waals surface area contributed by atoms with Crippen LogP contribution >= 0.6 is 0 Å². The maximum atomic E-state index is 14.6. The van der Waals surface area contributed by atoms with Crippen molar-refractivity contribution >= 4 is 23.2 Å². The predicted octanol–water partition coefficient (Wildman–Crippen LogP) is 5.39. The Bertz CT molecular complexity index is 1840. The Morgan fingerprint density at radius 1 is 1.24 bits per heavy atom. The number of aliphatic hydroxyl groups excluding tert-OH is 1. The number of nitrogens with zero attached hydrogens (tertiary/aromatic N) is 5. The van der Waals surface area contributed by atoms with Gasteiger partial charge in [0.15, 0.2) is 11.6 Å². The van der Waals surface area contributed by atoms with Crippen LogP contribution in [0.15, 0.2) is 60.0 Å². The van der Waals surface area contributed by atoms with E-state index in [1.807, 2.05) is 0 Å². The highest BCUT2D eigenvalue weighted by Gasteiger charge is 2.52. The highest BCUT2D eigenvalue weighted by atomic mass is 19.4. The number of nitro groups is 1. The Kier molecular flexibility index (Phi) is 7.75. The summed E-state index contributed by atoms with van der Waals surface area (Å²) in [4.78, 5) is 41.6. The van der Waals surface area contributed by atoms with Crippen molar-refractivity contribution in [3.63, 3.8) is 0 Å². The maximum Gasteiger partial charge on any atom is 0.416 e. The number of aliphatic hydroxyl groups is 1. The van der Waals surface area contributed by atoms with Gasteiger partial charge in [0.1, 0.15) is 17.4 Å². The van der Waals surface area contributed by atoms with Crippen LogP contribution in [0, 0.1) is 33.1 Å². The van der Waals surface area contributed by atoms with Crippen LogP contribution in [-0.4, -0.2) is 48.9 Å². The van der Waals surface area contributed by atoms with Crippen LogP contribution in [-0.2, 0) is 22.3 Å². The third kappa shape index (κ3) is 5.42. The summed E-state index contributed by atoms with van der Waals surface area (Å²) in [7, 11) is 0. The molecule has 3 aromatic rings. The number of fused-ring (bicyclic) bond motifs is 1. The van der Waals surface area contributed by atoms with E-state index in [0.29, 0.717) is 18.6 Å². The molecule has 2 aromatic carbocycles. The first-order chi connectivity index (χ1) is 21.2. The fourth-order valence-electron chi connectivity index (χ4n) is 5.46. The molecule has 1 saturated heterocycles. The average Bonchev–Trinajstić information content (AvgIpc) is 3.39. The minimum Gasteiger partial charge on any atom is -0.509 e. The average molecular weight is 629 g/mol. The van der Waals surface area contributed by atoms with Gasteiger partial charge in [-0.1, -0.05) is 12.1 Å². The van der Waals surface area contributed by atoms with Gasteiger partial charge in [-0.15, -0.1) is 0 Å². The van der Waals surface area contributed by atoms with Crippen LogP contribution in [0.2, 0.25) is 0 Å². The number of hydrogen-bond acceptors (Lipinski definition) is 8. The lowest BCUT2D eigenvalue weighted by Gasteiger charge is -2.46. The molecule has 2 N–H and O–H groups in total. The summed E-state index contributed by atoms with van der Waals surface area (Å²) in [5.41, 5.74) is -5.91. The molecule has 0 spiro atoms. The summed E-state index contributed by atoms with van der Waals surface area (Å²) in [6, 6.07) is 7.78. The molecule has 0 saturated carbocycles. The normalized spacial score (nSPS) is 18.5. The molecule has 16 heteroatoms. The first kappa shape index (κ1) is 31.0. The van der Waals surface area contributed by atoms with Crippen LogP contribution in [0.25, 0.3) is 11.1 Å². The number of carbonyl (C=O) groups excluding carboxylic acids is 2. The number of amides is 2. The molecule has 0 bridgehead atoms. The maximum absolute atomic E-state index is 14.6. The first-order valence-electron chi connectivity index (χ1n) is 13.2. The van der Waals surface area contributed by atoms with Gasteiger partial charge in [-0.3, -0.25) is 24.7 Å². The van der Waals surface area contributed by atoms with Gasteiger partial charge in [0, 0.05) is 41.2 Å². The second-order valence-corrected chi connectivity index (χ2v) is 10.5. The van der Waals surface area contributed by atoms with Crippen molar-refractivity contribution in [3.8, 4) is 17.2 Å². The van der Waals surface area contributed by atoms with Gasteiger partial charge in [0.25, 0.3) is 11.8 Å². The zero-order valence-electron chi connectivity index (χ0n) is 23.2. The number of aromatic nitrogens is 1. The van der Waals surface area contributed by atoms with E-state index in [0.717, 1.165) is 29.4 Å². The van der Waals surface area contributed by atoms with Crippen molar-refractivity contribution in [2.24, 2.45) is 0 Å². The molecule has 1 unspecified atom stereocenters. The number of rotatable bonds is 6. The minimum atomic E-state index is -4.86. The van der Waals surface area contributed by atoms with Crippen molar-refractivity contribution in [1.29, 1.82) is 5.26 Å². The van der Waals surface area contributed by atoms with Crippen molar-refractivity contribution in [1.82, 2.24) is 15.0 Å². The summed E-state index contributed by atoms with van der Waals surface area (Å²) >= 11 is 0. The number of pyridine rings is 1. The number of nitriles is 1. The molecule has 2 aliphatic rings. The van der Waals surface area contributed by atoms with Gasteiger partial charge >= 0.3 is 11.9 Å². The van der Waals surface area contributed by atoms with Gasteiger partial charge in [0.05, 0.1) is 22.6 Å². The number of nitrogens with one attached hydrogen (secondary N) is 1. The number of hydrazine groups is 1. The second kappa shape index (κ2) is 11.2. The van der Waals surface area contributed by atoms with Crippen LogP contribution < -0.4 is 5.32 Å². The monoisotopic (exact) mass is 628 g/mol. The van der Waals surface area contributed by atoms with E-state index < -0.39 is 80.5 Å². The summed E-state index contributed by atoms with van der Waals surface area (Å²) in [6.07, 6.45) is -3.24. The smallest absolute Gasteiger partial charge is 0.416 e. The molecular formula is C29H21F5N6O5. The van der Waals surface area contributed by atoms with E-state index in [1.54, 1.807) is 0 Å². The Labute approximate surface area is 250 Å². The number of hydrogen-bond donors (Lipinski definition) is 2. The topological polar surface area (TPSA) is 153 Å². The van der Waals surface area contributed by atoms with E-state index in [1.165, 1.54) is 30.1 Å². The van der Waals surface area contributed by atoms with Crippen molar-refractivity contribution in [2.45, 2.75) is 38.0 Å². The number of benzene rings is 2. The summed E-state index contributed by atoms with van der Waals surface area (Å²) in [5.74, 6) is -5.34. The Morgan fingerprint density at radius 2 is 1.98 bits per heavy atom. The van der Waals surface area contributed by atoms with Gasteiger partial charge in [-0.2, -0.15) is 18.4 Å². The lowest BCUT2D eigenvalue weighted by atomic mass is 9.90. The fraction of sp³-hybridized carbons (Fsp3) is 0.241. The third-order valence-corrected chi connectivity index (χ3v) is 7.74. The summed E-state index contributed by atoms with van der Waals surface area (Å²) < 4.78 is 69.4. The van der Waals surface area contributed by atoms with Crippen LogP contribution in [0.5, 0.6) is 0 Å². The number of alkyl halides is 3. The molecule has 2 aliphatic heterocycles. The molecule has 1 aromatic heterocycles. The molecular weight excluding hydrogens is 607 g/mol. The SMILES string of the molecule is CC12CCCN1N(Cc1cccc(F)c1F)C(=O)C(C(=O)Nc1ccc(C(F)(F)F)cc1-c1cnc(C#N)c([N+](=O)[O-])c1)=C2O. The molecule has 232 valence electrons. The van der Waals surface area contributed by atoms with E-state index in [4.69, 9.17) is 5.26 Å². The van der Waals surface area contributed by atoms with Gasteiger partial charge in [-0.05, 0) is 44.0 Å². The molecule has 5 rings (SSSR count). The van der Waals surface area contributed by atoms with E-state index in [2.05, 4.69) is 10.3 Å². The Hall–Kier alpha value is -5.43. The summed E-state index contributed by atoms with van der Waals surface area (Å²) in [5, 5.41) is 36.6. The molecule has 2 amide bonds. The highest BCUT2D eigenvalue weighted by Crippen LogP contribution is 2.43.